The number of halogens is 2. The molecule has 0 amide bonds. The maximum atomic E-state index is 12.9. The molecule has 0 aliphatic carbocycles. The van der Waals surface area contributed by atoms with Gasteiger partial charge in [0.05, 0.1) is 30.9 Å². The van der Waals surface area contributed by atoms with Crippen LogP contribution in [0.3, 0.4) is 0 Å². The lowest BCUT2D eigenvalue weighted by molar-refractivity contribution is -0.0593. The van der Waals surface area contributed by atoms with Crippen molar-refractivity contribution in [1.82, 2.24) is 34.2 Å². The lowest BCUT2D eigenvalue weighted by Gasteiger charge is -2.32. The van der Waals surface area contributed by atoms with Gasteiger partial charge >= 0.3 is 5.97 Å². The molecule has 45 heavy (non-hydrogen) atoms. The Labute approximate surface area is 257 Å². The summed E-state index contributed by atoms with van der Waals surface area (Å²) in [4.78, 5) is 27.9. The molecule has 0 unspecified atom stereocenters. The fourth-order valence-corrected chi connectivity index (χ4v) is 6.08. The smallest absolute Gasteiger partial charge is 0.354 e. The van der Waals surface area contributed by atoms with Gasteiger partial charge in [-0.15, -0.1) is 0 Å². The van der Waals surface area contributed by atoms with Gasteiger partial charge in [0.1, 0.15) is 24.5 Å². The number of aromatic carboxylic acids is 1. The number of benzene rings is 1. The third kappa shape index (κ3) is 6.36. The third-order valence-corrected chi connectivity index (χ3v) is 8.59. The first-order chi connectivity index (χ1) is 21.9. The first-order valence-corrected chi connectivity index (χ1v) is 15.2. The number of piperidine rings is 1. The summed E-state index contributed by atoms with van der Waals surface area (Å²) in [6.45, 7) is 3.51. The summed E-state index contributed by atoms with van der Waals surface area (Å²) < 4.78 is 40.9. The predicted octanol–water partition coefficient (Wildman–Crippen LogP) is 4.89. The van der Waals surface area contributed by atoms with E-state index in [0.717, 1.165) is 61.4 Å². The molecular weight excluding hydrogens is 584 g/mol. The van der Waals surface area contributed by atoms with Gasteiger partial charge in [-0.3, -0.25) is 9.58 Å². The maximum absolute atomic E-state index is 12.9. The van der Waals surface area contributed by atoms with Crippen molar-refractivity contribution in [1.29, 1.82) is 0 Å². The van der Waals surface area contributed by atoms with Crippen LogP contribution in [0.2, 0.25) is 0 Å². The first-order valence-electron chi connectivity index (χ1n) is 15.2. The van der Waals surface area contributed by atoms with Crippen molar-refractivity contribution in [3.8, 4) is 5.88 Å². The number of fused-ring (bicyclic) bond motifs is 2. The van der Waals surface area contributed by atoms with Crippen LogP contribution in [0.25, 0.3) is 22.1 Å². The molecule has 0 bridgehead atoms. The fourth-order valence-electron chi connectivity index (χ4n) is 6.08. The highest BCUT2D eigenvalue weighted by Crippen LogP contribution is 2.30. The number of alkyl halides is 2. The SMILES string of the molecule is O=C(O)c1ccc2nc(CN3CCC(c4cccc(OCc5ccc6cnn(CC(F)F)c6c5)n4)CC3)n(C[C@@H]3CCO3)c2n1. The van der Waals surface area contributed by atoms with Crippen LogP contribution < -0.4 is 4.74 Å². The molecule has 1 N–H and O–H groups in total. The molecule has 2 saturated heterocycles. The Bertz CT molecular complexity index is 1830. The quantitative estimate of drug-likeness (QED) is 0.221. The second-order valence-corrected chi connectivity index (χ2v) is 11.6. The zero-order valence-corrected chi connectivity index (χ0v) is 24.6. The highest BCUT2D eigenvalue weighted by Gasteiger charge is 2.26. The normalized spacial score (nSPS) is 17.7. The van der Waals surface area contributed by atoms with Crippen LogP contribution in [0.5, 0.6) is 5.88 Å². The number of aromatic nitrogens is 6. The maximum Gasteiger partial charge on any atom is 0.354 e. The molecule has 2 aliphatic heterocycles. The Hall–Kier alpha value is -4.49. The van der Waals surface area contributed by atoms with Gasteiger partial charge in [-0.05, 0) is 62.2 Å². The van der Waals surface area contributed by atoms with Crippen molar-refractivity contribution < 1.29 is 28.2 Å². The molecule has 1 atom stereocenters. The molecule has 0 radical (unpaired) electrons. The van der Waals surface area contributed by atoms with Crippen molar-refractivity contribution in [2.75, 3.05) is 19.7 Å². The molecule has 1 aromatic carbocycles. The first kappa shape index (κ1) is 29.2. The van der Waals surface area contributed by atoms with E-state index >= 15 is 0 Å². The molecule has 4 aromatic heterocycles. The number of rotatable bonds is 11. The van der Waals surface area contributed by atoms with Gasteiger partial charge < -0.3 is 19.1 Å². The summed E-state index contributed by atoms with van der Waals surface area (Å²) in [6, 6.07) is 14.6. The monoisotopic (exact) mass is 617 g/mol. The number of imidazole rings is 1. The van der Waals surface area contributed by atoms with Gasteiger partial charge in [-0.2, -0.15) is 5.10 Å². The zero-order valence-electron chi connectivity index (χ0n) is 24.6. The van der Waals surface area contributed by atoms with E-state index in [1.165, 1.54) is 10.7 Å². The van der Waals surface area contributed by atoms with Crippen molar-refractivity contribution in [3.63, 3.8) is 0 Å². The second kappa shape index (κ2) is 12.5. The Kier molecular flexibility index (Phi) is 8.11. The molecule has 11 nitrogen and oxygen atoms in total. The number of likely N-dealkylation sites (tertiary alicyclic amines) is 1. The zero-order chi connectivity index (χ0) is 30.9. The van der Waals surface area contributed by atoms with E-state index in [1.54, 1.807) is 12.3 Å². The molecule has 5 aromatic rings. The largest absolute Gasteiger partial charge is 0.477 e. The van der Waals surface area contributed by atoms with Crippen LogP contribution in [0.15, 0.2) is 54.7 Å². The molecule has 234 valence electrons. The third-order valence-electron chi connectivity index (χ3n) is 8.59. The molecule has 7 rings (SSSR count). The van der Waals surface area contributed by atoms with Crippen molar-refractivity contribution >= 4 is 28.0 Å². The minimum atomic E-state index is -2.48. The van der Waals surface area contributed by atoms with Crippen molar-refractivity contribution in [3.05, 3.63) is 77.5 Å². The van der Waals surface area contributed by atoms with Gasteiger partial charge in [-0.25, -0.2) is 28.5 Å². The van der Waals surface area contributed by atoms with E-state index in [4.69, 9.17) is 19.4 Å². The number of hydrogen-bond acceptors (Lipinski definition) is 8. The molecular formula is C32H33F2N7O4. The van der Waals surface area contributed by atoms with Crippen molar-refractivity contribution in [2.24, 2.45) is 0 Å². The van der Waals surface area contributed by atoms with Gasteiger partial charge in [0.15, 0.2) is 11.3 Å². The average molecular weight is 618 g/mol. The Morgan fingerprint density at radius 1 is 1.07 bits per heavy atom. The molecule has 6 heterocycles. The number of ether oxygens (including phenoxy) is 2. The molecule has 0 spiro atoms. The standard InChI is InChI=1S/C32H33F2N7O4/c33-28(34)17-41-27-14-20(4-5-22(27)15-35-41)19-45-30-3-1-2-24(37-30)21-8-11-39(12-9-21)18-29-36-25-6-7-26(32(42)43)38-31(25)40(29)16-23-10-13-44-23/h1-7,14-15,21,23,28H,8-13,16-19H2,(H,42,43)/t23-/m0/s1. The molecule has 2 fully saturated rings. The predicted molar refractivity (Wildman–Crippen MR) is 160 cm³/mol. The minimum absolute atomic E-state index is 0.00244. The van der Waals surface area contributed by atoms with Crippen LogP contribution in [0.4, 0.5) is 8.78 Å². The Balaban J connectivity index is 0.990. The van der Waals surface area contributed by atoms with Crippen LogP contribution in [0, 0.1) is 0 Å². The number of nitrogens with zero attached hydrogens (tertiary/aromatic N) is 7. The van der Waals surface area contributed by atoms with Gasteiger partial charge in [0.25, 0.3) is 6.43 Å². The van der Waals surface area contributed by atoms with E-state index in [2.05, 4.69) is 15.0 Å². The van der Waals surface area contributed by atoms with E-state index in [9.17, 15) is 18.7 Å². The summed E-state index contributed by atoms with van der Waals surface area (Å²) >= 11 is 0. The number of pyridine rings is 2. The van der Waals surface area contributed by atoms with Crippen LogP contribution in [-0.4, -0.2) is 77.5 Å². The topological polar surface area (TPSA) is 120 Å². The van der Waals surface area contributed by atoms with Crippen LogP contribution >= 0.6 is 0 Å². The second-order valence-electron chi connectivity index (χ2n) is 11.6. The van der Waals surface area contributed by atoms with E-state index in [0.29, 0.717) is 35.7 Å². The molecule has 0 saturated carbocycles. The average Bonchev–Trinajstić information content (AvgIpc) is 3.57. The fraction of sp³-hybridized carbons (Fsp3) is 0.406. The summed E-state index contributed by atoms with van der Waals surface area (Å²) in [7, 11) is 0. The molecule has 2 aliphatic rings. The highest BCUT2D eigenvalue weighted by atomic mass is 19.3. The lowest BCUT2D eigenvalue weighted by Crippen LogP contribution is -2.35. The summed E-state index contributed by atoms with van der Waals surface area (Å²) in [5.74, 6) is 0.606. The summed E-state index contributed by atoms with van der Waals surface area (Å²) in [5.41, 5.74) is 3.75. The minimum Gasteiger partial charge on any atom is -0.477 e. The van der Waals surface area contributed by atoms with Crippen LogP contribution in [0.1, 0.15) is 52.8 Å². The highest BCUT2D eigenvalue weighted by molar-refractivity contribution is 5.88. The number of carbonyl (C=O) groups is 1. The summed E-state index contributed by atoms with van der Waals surface area (Å²) in [6.07, 6.45) is 2.01. The van der Waals surface area contributed by atoms with Gasteiger partial charge in [0, 0.05) is 29.7 Å². The summed E-state index contributed by atoms with van der Waals surface area (Å²) in [5, 5.41) is 14.3. The van der Waals surface area contributed by atoms with Crippen LogP contribution in [-0.2, 0) is 31.0 Å². The van der Waals surface area contributed by atoms with Gasteiger partial charge in [-0.1, -0.05) is 18.2 Å². The molecule has 13 heteroatoms. The Morgan fingerprint density at radius 3 is 2.67 bits per heavy atom. The van der Waals surface area contributed by atoms with E-state index < -0.39 is 18.9 Å². The van der Waals surface area contributed by atoms with Crippen molar-refractivity contribution in [2.45, 2.75) is 64.0 Å². The number of hydrogen-bond donors (Lipinski definition) is 1. The van der Waals surface area contributed by atoms with E-state index in [1.807, 2.05) is 41.0 Å². The number of carboxylic acids is 1. The van der Waals surface area contributed by atoms with Gasteiger partial charge in [0.2, 0.25) is 5.88 Å². The lowest BCUT2D eigenvalue weighted by atomic mass is 9.93. The van der Waals surface area contributed by atoms with E-state index in [-0.39, 0.29) is 24.3 Å². The Morgan fingerprint density at radius 2 is 1.91 bits per heavy atom. The number of carboxylic acid groups (broad SMARTS) is 1.